The fourth-order valence-corrected chi connectivity index (χ4v) is 2.96. The molecule has 0 heterocycles. The molecule has 0 aromatic rings. The van der Waals surface area contributed by atoms with Crippen molar-refractivity contribution in [2.45, 2.75) is 52.9 Å². The van der Waals surface area contributed by atoms with Gasteiger partial charge in [0, 0.05) is 12.3 Å². The maximum Gasteiger partial charge on any atom is 0.251 e. The van der Waals surface area contributed by atoms with Crippen LogP contribution in [0.5, 0.6) is 0 Å². The molecule has 2 atom stereocenters. The van der Waals surface area contributed by atoms with Crippen LogP contribution < -0.4 is 0 Å². The Morgan fingerprint density at radius 2 is 1.64 bits per heavy atom. The van der Waals surface area contributed by atoms with E-state index in [9.17, 15) is 8.78 Å². The third kappa shape index (κ3) is 2.26. The third-order valence-corrected chi connectivity index (χ3v) is 3.57. The van der Waals surface area contributed by atoms with E-state index in [2.05, 4.69) is 13.8 Å². The normalized spacial score (nSPS) is 32.6. The van der Waals surface area contributed by atoms with E-state index in [-0.39, 0.29) is 18.3 Å². The summed E-state index contributed by atoms with van der Waals surface area (Å²) in [5.41, 5.74) is 0. The minimum Gasteiger partial charge on any atom is -0.207 e. The number of hydrogen-bond donors (Lipinski definition) is 0. The zero-order valence-electron chi connectivity index (χ0n) is 9.69. The van der Waals surface area contributed by atoms with Crippen molar-refractivity contribution in [3.63, 3.8) is 0 Å². The molecule has 0 spiro atoms. The summed E-state index contributed by atoms with van der Waals surface area (Å²) in [6.45, 7) is 8.00. The first-order valence-electron chi connectivity index (χ1n) is 5.74. The van der Waals surface area contributed by atoms with Gasteiger partial charge in [-0.3, -0.25) is 0 Å². The first-order chi connectivity index (χ1) is 6.36. The number of rotatable bonds is 2. The summed E-state index contributed by atoms with van der Waals surface area (Å²) < 4.78 is 27.5. The average molecular weight is 204 g/mol. The lowest BCUT2D eigenvalue weighted by Crippen LogP contribution is -2.43. The smallest absolute Gasteiger partial charge is 0.207 e. The molecule has 1 aliphatic rings. The van der Waals surface area contributed by atoms with Crippen LogP contribution in [0, 0.1) is 23.7 Å². The maximum absolute atomic E-state index is 13.7. The van der Waals surface area contributed by atoms with Crippen LogP contribution in [0.25, 0.3) is 0 Å². The van der Waals surface area contributed by atoms with Crippen molar-refractivity contribution < 1.29 is 8.78 Å². The molecule has 0 N–H and O–H groups in total. The van der Waals surface area contributed by atoms with Gasteiger partial charge in [0.15, 0.2) is 0 Å². The summed E-state index contributed by atoms with van der Waals surface area (Å²) in [6.07, 6.45) is 1.77. The quantitative estimate of drug-likeness (QED) is 0.627. The fourth-order valence-electron chi connectivity index (χ4n) is 2.96. The molecular weight excluding hydrogens is 182 g/mol. The van der Waals surface area contributed by atoms with Gasteiger partial charge in [0.1, 0.15) is 0 Å². The standard InChI is InChI=1S/C12H22F2/c1-8(2)10-6-5-7-12(13,14)11(10)9(3)4/h8-11H,5-7H2,1-4H3. The van der Waals surface area contributed by atoms with Gasteiger partial charge >= 0.3 is 0 Å². The molecule has 14 heavy (non-hydrogen) atoms. The van der Waals surface area contributed by atoms with E-state index in [0.29, 0.717) is 12.3 Å². The Morgan fingerprint density at radius 3 is 2.00 bits per heavy atom. The van der Waals surface area contributed by atoms with E-state index >= 15 is 0 Å². The highest BCUT2D eigenvalue weighted by molar-refractivity contribution is 4.90. The molecule has 2 heteroatoms. The zero-order chi connectivity index (χ0) is 10.9. The number of alkyl halides is 2. The Balaban J connectivity index is 2.84. The molecule has 0 radical (unpaired) electrons. The summed E-state index contributed by atoms with van der Waals surface area (Å²) in [6, 6.07) is 0. The lowest BCUT2D eigenvalue weighted by molar-refractivity contribution is -0.134. The van der Waals surface area contributed by atoms with Gasteiger partial charge in [-0.1, -0.05) is 27.7 Å². The molecule has 0 saturated heterocycles. The first kappa shape index (κ1) is 11.9. The van der Waals surface area contributed by atoms with Gasteiger partial charge in [-0.15, -0.1) is 0 Å². The van der Waals surface area contributed by atoms with Gasteiger partial charge < -0.3 is 0 Å². The molecule has 84 valence electrons. The van der Waals surface area contributed by atoms with Crippen molar-refractivity contribution >= 4 is 0 Å². The second-order valence-electron chi connectivity index (χ2n) is 5.33. The minimum absolute atomic E-state index is 0.0951. The van der Waals surface area contributed by atoms with Crippen LogP contribution in [0.1, 0.15) is 47.0 Å². The summed E-state index contributed by atoms with van der Waals surface area (Å²) in [7, 11) is 0. The van der Waals surface area contributed by atoms with Crippen LogP contribution in [0.15, 0.2) is 0 Å². The largest absolute Gasteiger partial charge is 0.251 e. The zero-order valence-corrected chi connectivity index (χ0v) is 9.69. The van der Waals surface area contributed by atoms with Crippen LogP contribution in [0.3, 0.4) is 0 Å². The van der Waals surface area contributed by atoms with Gasteiger partial charge in [-0.25, -0.2) is 8.78 Å². The molecule has 0 bridgehead atoms. The Hall–Kier alpha value is -0.140. The van der Waals surface area contributed by atoms with Gasteiger partial charge in [-0.2, -0.15) is 0 Å². The predicted molar refractivity (Wildman–Crippen MR) is 55.5 cm³/mol. The predicted octanol–water partition coefficient (Wildman–Crippen LogP) is 4.35. The second kappa shape index (κ2) is 4.16. The van der Waals surface area contributed by atoms with Crippen LogP contribution in [-0.4, -0.2) is 5.92 Å². The van der Waals surface area contributed by atoms with E-state index in [1.54, 1.807) is 0 Å². The maximum atomic E-state index is 13.7. The van der Waals surface area contributed by atoms with E-state index in [1.807, 2.05) is 13.8 Å². The third-order valence-electron chi connectivity index (χ3n) is 3.57. The first-order valence-corrected chi connectivity index (χ1v) is 5.74. The molecule has 1 fully saturated rings. The van der Waals surface area contributed by atoms with Crippen molar-refractivity contribution in [3.8, 4) is 0 Å². The SMILES string of the molecule is CC(C)C1CCCC(F)(F)C1C(C)C. The van der Waals surface area contributed by atoms with Crippen molar-refractivity contribution in [1.82, 2.24) is 0 Å². The molecule has 2 unspecified atom stereocenters. The second-order valence-corrected chi connectivity index (χ2v) is 5.33. The topological polar surface area (TPSA) is 0 Å². The van der Waals surface area contributed by atoms with Gasteiger partial charge in [0.25, 0.3) is 5.92 Å². The molecule has 0 aliphatic heterocycles. The Labute approximate surface area is 86.1 Å². The van der Waals surface area contributed by atoms with E-state index in [0.717, 1.165) is 6.42 Å². The van der Waals surface area contributed by atoms with E-state index in [1.165, 1.54) is 0 Å². The van der Waals surface area contributed by atoms with Gasteiger partial charge in [0.2, 0.25) is 0 Å². The fraction of sp³-hybridized carbons (Fsp3) is 1.00. The summed E-state index contributed by atoms with van der Waals surface area (Å²) in [5, 5.41) is 0. The Morgan fingerprint density at radius 1 is 1.07 bits per heavy atom. The van der Waals surface area contributed by atoms with Crippen molar-refractivity contribution in [3.05, 3.63) is 0 Å². The van der Waals surface area contributed by atoms with Gasteiger partial charge in [-0.05, 0) is 30.6 Å². The molecule has 0 aromatic heterocycles. The van der Waals surface area contributed by atoms with Crippen molar-refractivity contribution in [2.75, 3.05) is 0 Å². The molecule has 1 aliphatic carbocycles. The van der Waals surface area contributed by atoms with Crippen molar-refractivity contribution in [1.29, 1.82) is 0 Å². The summed E-state index contributed by atoms with van der Waals surface area (Å²) in [5.74, 6) is -2.15. The number of halogens is 2. The number of hydrogen-bond acceptors (Lipinski definition) is 0. The van der Waals surface area contributed by atoms with E-state index in [4.69, 9.17) is 0 Å². The Kier molecular flexibility index (Phi) is 3.54. The Bertz CT molecular complexity index is 185. The summed E-state index contributed by atoms with van der Waals surface area (Å²) in [4.78, 5) is 0. The molecule has 1 saturated carbocycles. The lowest BCUT2D eigenvalue weighted by atomic mass is 9.67. The average Bonchev–Trinajstić information content (AvgIpc) is 2.00. The van der Waals surface area contributed by atoms with Crippen LogP contribution >= 0.6 is 0 Å². The molecule has 0 aromatic carbocycles. The van der Waals surface area contributed by atoms with Crippen molar-refractivity contribution in [2.24, 2.45) is 23.7 Å². The van der Waals surface area contributed by atoms with Crippen LogP contribution in [-0.2, 0) is 0 Å². The highest BCUT2D eigenvalue weighted by Crippen LogP contribution is 2.48. The van der Waals surface area contributed by atoms with Gasteiger partial charge in [0.05, 0.1) is 0 Å². The molecule has 1 rings (SSSR count). The van der Waals surface area contributed by atoms with E-state index < -0.39 is 11.8 Å². The van der Waals surface area contributed by atoms with Crippen LogP contribution in [0.2, 0.25) is 0 Å². The molecule has 0 nitrogen and oxygen atoms in total. The lowest BCUT2D eigenvalue weighted by Gasteiger charge is -2.42. The molecule has 0 amide bonds. The molecular formula is C12H22F2. The van der Waals surface area contributed by atoms with Crippen LogP contribution in [0.4, 0.5) is 8.78 Å². The highest BCUT2D eigenvalue weighted by atomic mass is 19.3. The summed E-state index contributed by atoms with van der Waals surface area (Å²) >= 11 is 0. The monoisotopic (exact) mass is 204 g/mol. The highest BCUT2D eigenvalue weighted by Gasteiger charge is 2.48. The minimum atomic E-state index is -2.43.